The molecule has 0 aliphatic heterocycles. The van der Waals surface area contributed by atoms with Crippen LogP contribution in [0.15, 0.2) is 47.7 Å². The van der Waals surface area contributed by atoms with Crippen LogP contribution in [0.3, 0.4) is 0 Å². The van der Waals surface area contributed by atoms with E-state index in [-0.39, 0.29) is 11.4 Å². The first-order valence-electron chi connectivity index (χ1n) is 9.39. The minimum atomic E-state index is -0.301. The number of hydrogen-bond acceptors (Lipinski definition) is 3. The zero-order valence-corrected chi connectivity index (χ0v) is 15.7. The molecule has 0 amide bonds. The fraction of sp³-hybridized carbons (Fsp3) is 0.381. The van der Waals surface area contributed by atoms with Gasteiger partial charge in [-0.3, -0.25) is 9.78 Å². The molecular formula is C21H23FN4O. The third-order valence-corrected chi connectivity index (χ3v) is 5.18. The molecule has 1 fully saturated rings. The van der Waals surface area contributed by atoms with Gasteiger partial charge in [0.25, 0.3) is 5.56 Å². The second kappa shape index (κ2) is 6.76. The van der Waals surface area contributed by atoms with Crippen LogP contribution in [0, 0.1) is 11.2 Å². The number of pyridine rings is 2. The Balaban J connectivity index is 1.61. The Morgan fingerprint density at radius 2 is 2.07 bits per heavy atom. The molecule has 1 aliphatic carbocycles. The summed E-state index contributed by atoms with van der Waals surface area (Å²) < 4.78 is 17.9. The van der Waals surface area contributed by atoms with Crippen molar-refractivity contribution in [2.75, 3.05) is 0 Å². The van der Waals surface area contributed by atoms with E-state index in [0.717, 1.165) is 24.2 Å². The molecule has 1 aliphatic rings. The van der Waals surface area contributed by atoms with Crippen molar-refractivity contribution < 1.29 is 4.39 Å². The van der Waals surface area contributed by atoms with Crippen molar-refractivity contribution in [1.29, 1.82) is 0 Å². The highest BCUT2D eigenvalue weighted by Gasteiger charge is 2.37. The van der Waals surface area contributed by atoms with Crippen LogP contribution in [0.1, 0.15) is 38.8 Å². The van der Waals surface area contributed by atoms with Crippen LogP contribution < -0.4 is 5.56 Å². The molecule has 6 heteroatoms. The summed E-state index contributed by atoms with van der Waals surface area (Å²) in [6.07, 6.45) is 9.17. The van der Waals surface area contributed by atoms with Crippen LogP contribution in [0.4, 0.5) is 4.39 Å². The summed E-state index contributed by atoms with van der Waals surface area (Å²) in [5.74, 6) is -0.301. The topological polar surface area (TPSA) is 52.7 Å². The quantitative estimate of drug-likeness (QED) is 0.663. The summed E-state index contributed by atoms with van der Waals surface area (Å²) in [5, 5.41) is 4.48. The standard InChI is InChI=1S/C21H23FN4O/c1-3-9-25-14-16(4-5-20(25)27)26-10-6-19(24-26)17-13-23-15(11-18(17)22)12-21(2)7-8-21/h4-6,10-11,13-14H,3,7-9,12H2,1-2H3. The van der Waals surface area contributed by atoms with E-state index >= 15 is 0 Å². The minimum Gasteiger partial charge on any atom is -0.313 e. The van der Waals surface area contributed by atoms with Gasteiger partial charge < -0.3 is 4.57 Å². The molecule has 1 saturated carbocycles. The average Bonchev–Trinajstić information content (AvgIpc) is 3.16. The maximum atomic E-state index is 14.6. The van der Waals surface area contributed by atoms with E-state index in [2.05, 4.69) is 17.0 Å². The fourth-order valence-corrected chi connectivity index (χ4v) is 3.26. The Morgan fingerprint density at radius 1 is 1.26 bits per heavy atom. The largest absolute Gasteiger partial charge is 0.313 e. The maximum absolute atomic E-state index is 14.6. The molecule has 0 saturated heterocycles. The van der Waals surface area contributed by atoms with E-state index in [1.807, 2.05) is 6.92 Å². The second-order valence-corrected chi connectivity index (χ2v) is 7.71. The lowest BCUT2D eigenvalue weighted by atomic mass is 10.0. The molecule has 0 spiro atoms. The zero-order chi connectivity index (χ0) is 19.0. The lowest BCUT2D eigenvalue weighted by molar-refractivity contribution is 0.554. The second-order valence-electron chi connectivity index (χ2n) is 7.71. The Kier molecular flexibility index (Phi) is 4.42. The van der Waals surface area contributed by atoms with Crippen LogP contribution in [0.25, 0.3) is 16.9 Å². The van der Waals surface area contributed by atoms with Crippen LogP contribution in [-0.4, -0.2) is 19.3 Å². The molecule has 3 aromatic heterocycles. The zero-order valence-electron chi connectivity index (χ0n) is 15.7. The van der Waals surface area contributed by atoms with E-state index < -0.39 is 0 Å². The first-order valence-corrected chi connectivity index (χ1v) is 9.39. The van der Waals surface area contributed by atoms with Gasteiger partial charge in [0.1, 0.15) is 5.82 Å². The summed E-state index contributed by atoms with van der Waals surface area (Å²) in [4.78, 5) is 16.3. The van der Waals surface area contributed by atoms with Gasteiger partial charge in [0, 0.05) is 36.9 Å². The Hall–Kier alpha value is -2.76. The molecular weight excluding hydrogens is 343 g/mol. The van der Waals surface area contributed by atoms with Crippen LogP contribution in [-0.2, 0) is 13.0 Å². The molecule has 0 N–H and O–H groups in total. The summed E-state index contributed by atoms with van der Waals surface area (Å²) in [6, 6.07) is 6.54. The molecule has 4 rings (SSSR count). The monoisotopic (exact) mass is 366 g/mol. The fourth-order valence-electron chi connectivity index (χ4n) is 3.26. The predicted octanol–water partition coefficient (Wildman–Crippen LogP) is 3.99. The Bertz CT molecular complexity index is 1030. The van der Waals surface area contributed by atoms with E-state index in [1.165, 1.54) is 25.0 Å². The van der Waals surface area contributed by atoms with E-state index in [4.69, 9.17) is 0 Å². The lowest BCUT2D eigenvalue weighted by Gasteiger charge is -2.08. The molecule has 3 aromatic rings. The van der Waals surface area contributed by atoms with Crippen molar-refractivity contribution in [3.8, 4) is 16.9 Å². The lowest BCUT2D eigenvalue weighted by Crippen LogP contribution is -2.19. The smallest absolute Gasteiger partial charge is 0.250 e. The van der Waals surface area contributed by atoms with Gasteiger partial charge in [-0.25, -0.2) is 9.07 Å². The summed E-state index contributed by atoms with van der Waals surface area (Å²) in [7, 11) is 0. The van der Waals surface area contributed by atoms with Gasteiger partial charge >= 0.3 is 0 Å². The van der Waals surface area contributed by atoms with Gasteiger partial charge in [-0.2, -0.15) is 5.10 Å². The summed E-state index contributed by atoms with van der Waals surface area (Å²) in [5.41, 5.74) is 2.73. The molecule has 5 nitrogen and oxygen atoms in total. The molecule has 3 heterocycles. The number of hydrogen-bond donors (Lipinski definition) is 0. The molecule has 0 aromatic carbocycles. The first-order chi connectivity index (χ1) is 13.0. The molecule has 140 valence electrons. The molecule has 0 bridgehead atoms. The number of aryl methyl sites for hydroxylation is 1. The van der Waals surface area contributed by atoms with Crippen LogP contribution in [0.2, 0.25) is 0 Å². The molecule has 0 atom stereocenters. The third kappa shape index (κ3) is 3.70. The van der Waals surface area contributed by atoms with Gasteiger partial charge in [0.05, 0.1) is 16.9 Å². The van der Waals surface area contributed by atoms with Gasteiger partial charge in [-0.05, 0) is 49.3 Å². The number of nitrogens with zero attached hydrogens (tertiary/aromatic N) is 4. The van der Waals surface area contributed by atoms with E-state index in [9.17, 15) is 9.18 Å². The van der Waals surface area contributed by atoms with Crippen molar-refractivity contribution in [1.82, 2.24) is 19.3 Å². The molecule has 0 unspecified atom stereocenters. The van der Waals surface area contributed by atoms with Crippen molar-refractivity contribution >= 4 is 0 Å². The van der Waals surface area contributed by atoms with Crippen molar-refractivity contribution in [2.24, 2.45) is 5.41 Å². The van der Waals surface area contributed by atoms with Gasteiger partial charge in [0.15, 0.2) is 0 Å². The maximum Gasteiger partial charge on any atom is 0.250 e. The highest BCUT2D eigenvalue weighted by atomic mass is 19.1. The predicted molar refractivity (Wildman–Crippen MR) is 102 cm³/mol. The van der Waals surface area contributed by atoms with Gasteiger partial charge in [0.2, 0.25) is 0 Å². The number of halogens is 1. The van der Waals surface area contributed by atoms with Gasteiger partial charge in [-0.15, -0.1) is 0 Å². The SMILES string of the molecule is CCCn1cc(-n2ccc(-c3cnc(CC4(C)CC4)cc3F)n2)ccc1=O. The highest BCUT2D eigenvalue weighted by Crippen LogP contribution is 2.47. The van der Waals surface area contributed by atoms with Crippen molar-refractivity contribution in [3.05, 3.63) is 64.7 Å². The normalized spacial score (nSPS) is 15.1. The summed E-state index contributed by atoms with van der Waals surface area (Å²) >= 11 is 0. The highest BCUT2D eigenvalue weighted by molar-refractivity contribution is 5.58. The Morgan fingerprint density at radius 3 is 2.78 bits per heavy atom. The Labute approximate surface area is 157 Å². The average molecular weight is 366 g/mol. The van der Waals surface area contributed by atoms with Crippen LogP contribution >= 0.6 is 0 Å². The van der Waals surface area contributed by atoms with Gasteiger partial charge in [-0.1, -0.05) is 13.8 Å². The van der Waals surface area contributed by atoms with E-state index in [1.54, 1.807) is 40.0 Å². The van der Waals surface area contributed by atoms with Crippen LogP contribution in [0.5, 0.6) is 0 Å². The minimum absolute atomic E-state index is 0.0387. The third-order valence-electron chi connectivity index (χ3n) is 5.18. The summed E-state index contributed by atoms with van der Waals surface area (Å²) in [6.45, 7) is 4.88. The van der Waals surface area contributed by atoms with E-state index in [0.29, 0.717) is 23.2 Å². The first kappa shape index (κ1) is 17.6. The number of rotatable bonds is 6. The molecule has 27 heavy (non-hydrogen) atoms. The number of aromatic nitrogens is 4. The van der Waals surface area contributed by atoms with Crippen molar-refractivity contribution in [3.63, 3.8) is 0 Å². The van der Waals surface area contributed by atoms with Crippen molar-refractivity contribution in [2.45, 2.75) is 46.1 Å². The molecule has 0 radical (unpaired) electrons.